The van der Waals surface area contributed by atoms with Crippen LogP contribution in [0.3, 0.4) is 0 Å². The average Bonchev–Trinajstić information content (AvgIpc) is 3.79. The van der Waals surface area contributed by atoms with Gasteiger partial charge in [0.2, 0.25) is 10.0 Å². The molecular weight excluding hydrogens is 591 g/mol. The highest BCUT2D eigenvalue weighted by atomic mass is 32.2. The number of hydrogen-bond donors (Lipinski definition) is 4. The molecule has 5 aromatic heterocycles. The van der Waals surface area contributed by atoms with E-state index in [2.05, 4.69) is 52.3 Å². The molecule has 12 heteroatoms. The van der Waals surface area contributed by atoms with Crippen LogP contribution in [-0.2, 0) is 23.1 Å². The lowest BCUT2D eigenvalue weighted by molar-refractivity contribution is 0.489. The van der Waals surface area contributed by atoms with E-state index in [1.807, 2.05) is 30.7 Å². The van der Waals surface area contributed by atoms with Crippen LogP contribution < -0.4 is 10.0 Å². The van der Waals surface area contributed by atoms with Crippen molar-refractivity contribution >= 4 is 32.0 Å². The van der Waals surface area contributed by atoms with E-state index in [1.54, 1.807) is 12.3 Å². The van der Waals surface area contributed by atoms with E-state index in [0.717, 1.165) is 63.9 Å². The lowest BCUT2D eigenvalue weighted by Crippen LogP contribution is -2.21. The van der Waals surface area contributed by atoms with Gasteiger partial charge in [-0.05, 0) is 78.9 Å². The zero-order valence-corrected chi connectivity index (χ0v) is 25.6. The molecule has 1 aliphatic carbocycles. The van der Waals surface area contributed by atoms with Gasteiger partial charge in [-0.15, -0.1) is 0 Å². The van der Waals surface area contributed by atoms with Crippen molar-refractivity contribution in [3.8, 4) is 33.8 Å². The van der Waals surface area contributed by atoms with Crippen LogP contribution in [-0.4, -0.2) is 51.4 Å². The second kappa shape index (κ2) is 12.1. The SMILES string of the molecule is CS(=O)(=O)NCc1cc(F)cc(-c2nccc3[nH]c(-c4n[nH]c5ncc(-c6cncc(CNCC7CCCC7)c6)cc45)cc23)c1. The lowest BCUT2D eigenvalue weighted by Gasteiger charge is -2.11. The van der Waals surface area contributed by atoms with Gasteiger partial charge in [-0.25, -0.2) is 22.5 Å². The molecule has 0 unspecified atom stereocenters. The first-order chi connectivity index (χ1) is 21.8. The molecule has 6 aromatic rings. The summed E-state index contributed by atoms with van der Waals surface area (Å²) in [6, 6.07) is 12.4. The van der Waals surface area contributed by atoms with Crippen molar-refractivity contribution in [2.45, 2.75) is 38.8 Å². The molecule has 0 radical (unpaired) electrons. The first kappa shape index (κ1) is 29.2. The first-order valence-electron chi connectivity index (χ1n) is 15.0. The summed E-state index contributed by atoms with van der Waals surface area (Å²) in [4.78, 5) is 17.1. The smallest absolute Gasteiger partial charge is 0.209 e. The summed E-state index contributed by atoms with van der Waals surface area (Å²) in [7, 11) is -3.43. The van der Waals surface area contributed by atoms with E-state index in [4.69, 9.17) is 0 Å². The molecule has 0 spiro atoms. The number of benzene rings is 1. The van der Waals surface area contributed by atoms with Gasteiger partial charge in [-0.3, -0.25) is 15.1 Å². The molecule has 0 atom stereocenters. The second-order valence-corrected chi connectivity index (χ2v) is 13.6. The number of nitrogens with one attached hydrogen (secondary N) is 4. The van der Waals surface area contributed by atoms with Gasteiger partial charge in [-0.2, -0.15) is 5.10 Å². The van der Waals surface area contributed by atoms with Crippen LogP contribution in [0.2, 0.25) is 0 Å². The van der Waals surface area contributed by atoms with Gasteiger partial charge in [0, 0.05) is 70.9 Å². The molecule has 5 heterocycles. The fourth-order valence-electron chi connectivity index (χ4n) is 6.16. The van der Waals surface area contributed by atoms with Crippen LogP contribution in [0.15, 0.2) is 67.3 Å². The first-order valence-corrected chi connectivity index (χ1v) is 16.9. The molecule has 1 aliphatic rings. The summed E-state index contributed by atoms with van der Waals surface area (Å²) in [5.74, 6) is 0.298. The number of fused-ring (bicyclic) bond motifs is 2. The monoisotopic (exact) mass is 624 g/mol. The van der Waals surface area contributed by atoms with Gasteiger partial charge in [0.1, 0.15) is 11.5 Å². The molecule has 0 saturated heterocycles. The van der Waals surface area contributed by atoms with Gasteiger partial charge in [0.25, 0.3) is 0 Å². The van der Waals surface area contributed by atoms with Gasteiger partial charge in [0.05, 0.1) is 17.6 Å². The maximum absolute atomic E-state index is 14.6. The van der Waals surface area contributed by atoms with Gasteiger partial charge >= 0.3 is 0 Å². The average molecular weight is 625 g/mol. The fraction of sp³-hybridized carbons (Fsp3) is 0.273. The van der Waals surface area contributed by atoms with Crippen molar-refractivity contribution in [3.05, 3.63) is 84.2 Å². The number of sulfonamides is 1. The normalized spacial score (nSPS) is 14.2. The van der Waals surface area contributed by atoms with Crippen LogP contribution in [0.4, 0.5) is 4.39 Å². The molecule has 0 aliphatic heterocycles. The Morgan fingerprint density at radius 1 is 0.889 bits per heavy atom. The minimum Gasteiger partial charge on any atom is -0.353 e. The Bertz CT molecular complexity index is 2120. The van der Waals surface area contributed by atoms with Crippen LogP contribution >= 0.6 is 0 Å². The number of aromatic amines is 2. The van der Waals surface area contributed by atoms with Gasteiger partial charge in [-0.1, -0.05) is 12.8 Å². The van der Waals surface area contributed by atoms with E-state index in [1.165, 1.54) is 37.8 Å². The van der Waals surface area contributed by atoms with Crippen molar-refractivity contribution in [3.63, 3.8) is 0 Å². The highest BCUT2D eigenvalue weighted by Crippen LogP contribution is 2.34. The maximum Gasteiger partial charge on any atom is 0.209 e. The lowest BCUT2D eigenvalue weighted by atomic mass is 10.0. The standard InChI is InChI=1S/C33H33FN8O2S/c1-45(43,44)39-17-21-8-23(11-26(34)10-21)31-27-13-30(40-29(27)6-7-37-31)32-28-12-25(19-38-33(28)42-41-32)24-9-22(16-36-18-24)15-35-14-20-4-2-3-5-20/h6-13,16,18-20,35,39-40H,2-5,14-15,17H2,1H3,(H,38,41,42). The zero-order chi connectivity index (χ0) is 31.0. The molecule has 1 saturated carbocycles. The van der Waals surface area contributed by atoms with E-state index < -0.39 is 15.8 Å². The molecule has 0 amide bonds. The Morgan fingerprint density at radius 3 is 2.56 bits per heavy atom. The molecule has 10 nitrogen and oxygen atoms in total. The van der Waals surface area contributed by atoms with Gasteiger partial charge in [0.15, 0.2) is 5.65 Å². The molecule has 4 N–H and O–H groups in total. The largest absolute Gasteiger partial charge is 0.353 e. The number of H-pyrrole nitrogens is 2. The molecule has 45 heavy (non-hydrogen) atoms. The van der Waals surface area contributed by atoms with E-state index in [9.17, 15) is 12.8 Å². The quantitative estimate of drug-likeness (QED) is 0.153. The van der Waals surface area contributed by atoms with Crippen LogP contribution in [0.25, 0.3) is 55.7 Å². The molecule has 1 fully saturated rings. The number of rotatable bonds is 10. The Morgan fingerprint density at radius 2 is 1.71 bits per heavy atom. The summed E-state index contributed by atoms with van der Waals surface area (Å²) >= 11 is 0. The van der Waals surface area contributed by atoms with E-state index in [0.29, 0.717) is 28.2 Å². The predicted octanol–water partition coefficient (Wildman–Crippen LogP) is 5.70. The highest BCUT2D eigenvalue weighted by Gasteiger charge is 2.17. The molecule has 0 bridgehead atoms. The number of nitrogens with zero attached hydrogens (tertiary/aromatic N) is 4. The second-order valence-electron chi connectivity index (χ2n) is 11.8. The number of aromatic nitrogens is 6. The minimum absolute atomic E-state index is 0.0258. The summed E-state index contributed by atoms with van der Waals surface area (Å²) in [5.41, 5.74) is 7.54. The molecule has 230 valence electrons. The van der Waals surface area contributed by atoms with Crippen LogP contribution in [0, 0.1) is 11.7 Å². The third kappa shape index (κ3) is 6.48. The minimum atomic E-state index is -3.43. The van der Waals surface area contributed by atoms with Gasteiger partial charge < -0.3 is 10.3 Å². The van der Waals surface area contributed by atoms with Crippen molar-refractivity contribution in [1.29, 1.82) is 0 Å². The van der Waals surface area contributed by atoms with Crippen LogP contribution in [0.1, 0.15) is 36.8 Å². The number of hydrogen-bond acceptors (Lipinski definition) is 7. The third-order valence-electron chi connectivity index (χ3n) is 8.35. The van der Waals surface area contributed by atoms with Crippen molar-refractivity contribution in [2.24, 2.45) is 5.92 Å². The number of halogens is 1. The fourth-order valence-corrected chi connectivity index (χ4v) is 6.59. The summed E-state index contributed by atoms with van der Waals surface area (Å²) in [6.07, 6.45) is 13.6. The summed E-state index contributed by atoms with van der Waals surface area (Å²) < 4.78 is 40.2. The Labute approximate surface area is 260 Å². The van der Waals surface area contributed by atoms with Crippen LogP contribution in [0.5, 0.6) is 0 Å². The van der Waals surface area contributed by atoms with E-state index >= 15 is 0 Å². The predicted molar refractivity (Wildman–Crippen MR) is 173 cm³/mol. The molecular formula is C33H33FN8O2S. The van der Waals surface area contributed by atoms with Crippen molar-refractivity contribution in [1.82, 2.24) is 40.2 Å². The van der Waals surface area contributed by atoms with E-state index in [-0.39, 0.29) is 6.54 Å². The Hall–Kier alpha value is -4.52. The molecule has 7 rings (SSSR count). The summed E-state index contributed by atoms with van der Waals surface area (Å²) in [6.45, 7) is 1.79. The van der Waals surface area contributed by atoms with Crippen molar-refractivity contribution < 1.29 is 12.8 Å². The Balaban J connectivity index is 1.19. The molecule has 1 aromatic carbocycles. The maximum atomic E-state index is 14.6. The van der Waals surface area contributed by atoms with Crippen molar-refractivity contribution in [2.75, 3.05) is 12.8 Å². The Kier molecular flexibility index (Phi) is 7.86. The topological polar surface area (TPSA) is 141 Å². The zero-order valence-electron chi connectivity index (χ0n) is 24.8. The highest BCUT2D eigenvalue weighted by molar-refractivity contribution is 7.88. The number of pyridine rings is 3. The third-order valence-corrected chi connectivity index (χ3v) is 9.02. The summed E-state index contributed by atoms with van der Waals surface area (Å²) in [5, 5.41) is 12.8.